The van der Waals surface area contributed by atoms with Gasteiger partial charge in [0.15, 0.2) is 5.85 Å². The maximum atomic E-state index is 11.8. The smallest absolute Gasteiger partial charge is 0.291 e. The summed E-state index contributed by atoms with van der Waals surface area (Å²) in [7, 11) is 0. The Bertz CT molecular complexity index is 546. The summed E-state index contributed by atoms with van der Waals surface area (Å²) < 4.78 is 17.2. The Morgan fingerprint density at radius 3 is 2.42 bits per heavy atom. The monoisotopic (exact) mass is 345 g/mol. The molecule has 0 saturated carbocycles. The normalized spacial score (nSPS) is 15.6. The summed E-state index contributed by atoms with van der Waals surface area (Å²) in [4.78, 5) is 10.1. The molecule has 0 bridgehead atoms. The molecule has 0 amide bonds. The van der Waals surface area contributed by atoms with Crippen molar-refractivity contribution in [3.05, 3.63) is 32.3 Å². The van der Waals surface area contributed by atoms with E-state index in [0.29, 0.717) is 6.42 Å². The van der Waals surface area contributed by atoms with Crippen molar-refractivity contribution in [1.29, 1.82) is 0 Å². The third-order valence-corrected chi connectivity index (χ3v) is 5.08. The summed E-state index contributed by atoms with van der Waals surface area (Å²) >= 11 is 17.3. The van der Waals surface area contributed by atoms with E-state index in [0.717, 1.165) is 6.07 Å². The maximum Gasteiger partial charge on any atom is 0.291 e. The second kappa shape index (κ2) is 6.31. The molecule has 1 rings (SSSR count). The van der Waals surface area contributed by atoms with E-state index in [4.69, 9.17) is 39.2 Å². The highest BCUT2D eigenvalue weighted by Gasteiger charge is 2.28. The number of rotatable bonds is 5. The minimum Gasteiger partial charge on any atom is -0.480 e. The minimum absolute atomic E-state index is 0.0346. The van der Waals surface area contributed by atoms with Crippen molar-refractivity contribution in [2.45, 2.75) is 19.2 Å². The first-order valence-electron chi connectivity index (χ1n) is 5.23. The Kier molecular flexibility index (Phi) is 5.51. The zero-order chi connectivity index (χ0) is 14.8. The Labute approximate surface area is 125 Å². The van der Waals surface area contributed by atoms with E-state index in [1.54, 1.807) is 6.92 Å². The molecular weight excluding hydrogens is 335 g/mol. The van der Waals surface area contributed by atoms with Gasteiger partial charge in [-0.1, -0.05) is 41.4 Å². The summed E-state index contributed by atoms with van der Waals surface area (Å²) in [5.74, 6) is -0.736. The van der Waals surface area contributed by atoms with E-state index in [-0.39, 0.29) is 21.5 Å². The van der Waals surface area contributed by atoms with Crippen molar-refractivity contribution in [2.75, 3.05) is 6.66 Å². The highest BCUT2D eigenvalue weighted by molar-refractivity contribution is 7.89. The van der Waals surface area contributed by atoms with Crippen LogP contribution in [0.1, 0.15) is 13.3 Å². The lowest BCUT2D eigenvalue weighted by Gasteiger charge is -2.20. The fraction of sp³-hybridized carbons (Fsp3) is 0.400. The molecule has 5 nitrogen and oxygen atoms in total. The largest absolute Gasteiger partial charge is 0.480 e. The number of benzene rings is 1. The van der Waals surface area contributed by atoms with Gasteiger partial charge < -0.3 is 9.30 Å². The molecule has 0 saturated heterocycles. The van der Waals surface area contributed by atoms with Crippen molar-refractivity contribution in [2.24, 2.45) is 0 Å². The van der Waals surface area contributed by atoms with Gasteiger partial charge >= 0.3 is 0 Å². The average molecular weight is 347 g/mol. The highest BCUT2D eigenvalue weighted by atomic mass is 35.7. The zero-order valence-electron chi connectivity index (χ0n) is 10.1. The lowest BCUT2D eigenvalue weighted by Crippen LogP contribution is -2.13. The number of nitrogens with zero attached hydrogens (tertiary/aromatic N) is 1. The van der Waals surface area contributed by atoms with E-state index in [1.807, 2.05) is 0 Å². The number of halogens is 3. The van der Waals surface area contributed by atoms with Crippen LogP contribution in [0.3, 0.4) is 0 Å². The van der Waals surface area contributed by atoms with Gasteiger partial charge in [0.2, 0.25) is 6.49 Å². The van der Waals surface area contributed by atoms with Crippen LogP contribution in [0.25, 0.3) is 0 Å². The standard InChI is InChI=1S/C10H11Cl3NO4P/c1-3-10(19(2,13)17)18-9-5-8(14(15)16)6(11)4-7(9)12/h4-5,10H,3H2,1-2H3. The molecule has 2 unspecified atom stereocenters. The molecule has 0 aliphatic rings. The van der Waals surface area contributed by atoms with Crippen molar-refractivity contribution in [1.82, 2.24) is 0 Å². The predicted molar refractivity (Wildman–Crippen MR) is 77.2 cm³/mol. The summed E-state index contributed by atoms with van der Waals surface area (Å²) in [6, 6.07) is 2.30. The van der Waals surface area contributed by atoms with Crippen LogP contribution in [0.4, 0.5) is 5.69 Å². The SMILES string of the molecule is CCC(Oc1cc([N+](=O)[O-])c(Cl)cc1Cl)P(C)(=O)Cl. The van der Waals surface area contributed by atoms with Gasteiger partial charge in [-0.2, -0.15) is 0 Å². The Morgan fingerprint density at radius 1 is 1.42 bits per heavy atom. The van der Waals surface area contributed by atoms with E-state index in [9.17, 15) is 14.7 Å². The molecule has 0 aromatic heterocycles. The Hall–Kier alpha value is -0.480. The van der Waals surface area contributed by atoms with Crippen LogP contribution >= 0.6 is 40.9 Å². The number of ether oxygens (including phenoxy) is 1. The summed E-state index contributed by atoms with van der Waals surface area (Å²) in [5, 5.41) is 10.8. The van der Waals surface area contributed by atoms with Crippen molar-refractivity contribution in [3.8, 4) is 5.75 Å². The molecule has 106 valence electrons. The molecule has 19 heavy (non-hydrogen) atoms. The van der Waals surface area contributed by atoms with Gasteiger partial charge in [0, 0.05) is 6.66 Å². The van der Waals surface area contributed by atoms with Crippen LogP contribution in [-0.2, 0) is 4.57 Å². The molecule has 1 aromatic carbocycles. The summed E-state index contributed by atoms with van der Waals surface area (Å²) in [6.07, 6.45) is 0.379. The Morgan fingerprint density at radius 2 is 2.00 bits per heavy atom. The van der Waals surface area contributed by atoms with Crippen molar-refractivity contribution >= 4 is 46.6 Å². The first-order chi connectivity index (χ1) is 8.66. The average Bonchev–Trinajstić information content (AvgIpc) is 2.25. The van der Waals surface area contributed by atoms with Gasteiger partial charge in [0.05, 0.1) is 16.0 Å². The third kappa shape index (κ3) is 4.25. The number of hydrogen-bond acceptors (Lipinski definition) is 4. The van der Waals surface area contributed by atoms with E-state index in [2.05, 4.69) is 0 Å². The first kappa shape index (κ1) is 16.6. The molecule has 0 heterocycles. The fourth-order valence-corrected chi connectivity index (χ4v) is 3.38. The van der Waals surface area contributed by atoms with Crippen LogP contribution < -0.4 is 4.74 Å². The Balaban J connectivity index is 3.17. The molecular formula is C10H11Cl3NO4P. The van der Waals surface area contributed by atoms with Crippen LogP contribution in [0.2, 0.25) is 10.0 Å². The summed E-state index contributed by atoms with van der Waals surface area (Å²) in [6.45, 7) is 0.0763. The van der Waals surface area contributed by atoms with E-state index in [1.165, 1.54) is 12.7 Å². The minimum atomic E-state index is -3.02. The van der Waals surface area contributed by atoms with Crippen LogP contribution in [0, 0.1) is 10.1 Å². The van der Waals surface area contributed by atoms with Gasteiger partial charge in [-0.25, -0.2) is 0 Å². The van der Waals surface area contributed by atoms with Gasteiger partial charge in [0.1, 0.15) is 10.8 Å². The predicted octanol–water partition coefficient (Wildman–Crippen LogP) is 5.16. The summed E-state index contributed by atoms with van der Waals surface area (Å²) in [5.41, 5.74) is -0.337. The second-order valence-electron chi connectivity index (χ2n) is 3.85. The van der Waals surface area contributed by atoms with Crippen molar-refractivity contribution in [3.63, 3.8) is 0 Å². The lowest BCUT2D eigenvalue weighted by molar-refractivity contribution is -0.384. The molecule has 0 N–H and O–H groups in total. The van der Waals surface area contributed by atoms with Gasteiger partial charge in [0.25, 0.3) is 5.69 Å². The fourth-order valence-electron chi connectivity index (χ4n) is 1.40. The zero-order valence-corrected chi connectivity index (χ0v) is 13.3. The van der Waals surface area contributed by atoms with Crippen LogP contribution in [0.5, 0.6) is 5.75 Å². The van der Waals surface area contributed by atoms with Crippen LogP contribution in [0.15, 0.2) is 12.1 Å². The molecule has 0 aliphatic carbocycles. The quantitative estimate of drug-likeness (QED) is 0.419. The first-order valence-corrected chi connectivity index (χ1v) is 9.12. The maximum absolute atomic E-state index is 11.8. The molecule has 0 aliphatic heterocycles. The van der Waals surface area contributed by atoms with Gasteiger partial charge in [-0.05, 0) is 12.5 Å². The molecule has 0 spiro atoms. The van der Waals surface area contributed by atoms with Gasteiger partial charge in [-0.3, -0.25) is 10.1 Å². The van der Waals surface area contributed by atoms with E-state index < -0.39 is 17.3 Å². The number of nitro benzene ring substituents is 1. The molecule has 9 heteroatoms. The van der Waals surface area contributed by atoms with Gasteiger partial charge in [-0.15, -0.1) is 0 Å². The lowest BCUT2D eigenvalue weighted by atomic mass is 10.3. The second-order valence-corrected chi connectivity index (χ2v) is 9.02. The van der Waals surface area contributed by atoms with Crippen molar-refractivity contribution < 1.29 is 14.2 Å². The topological polar surface area (TPSA) is 69.4 Å². The molecule has 0 radical (unpaired) electrons. The third-order valence-electron chi connectivity index (χ3n) is 2.32. The molecule has 1 aromatic rings. The van der Waals surface area contributed by atoms with E-state index >= 15 is 0 Å². The molecule has 0 fully saturated rings. The highest BCUT2D eigenvalue weighted by Crippen LogP contribution is 2.54. The van der Waals surface area contributed by atoms with Crippen LogP contribution in [-0.4, -0.2) is 17.4 Å². The number of nitro groups is 1. The molecule has 2 atom stereocenters. The number of hydrogen-bond donors (Lipinski definition) is 0.